The maximum Gasteiger partial charge on any atom is 0.252 e. The fourth-order valence-corrected chi connectivity index (χ4v) is 14.9. The summed E-state index contributed by atoms with van der Waals surface area (Å²) in [4.78, 5) is 79.5. The Morgan fingerprint density at radius 3 is 1.20 bits per heavy atom. The van der Waals surface area contributed by atoms with E-state index in [9.17, 15) is 14.4 Å². The van der Waals surface area contributed by atoms with E-state index in [0.29, 0.717) is 106 Å². The Bertz CT molecular complexity index is 5800. The van der Waals surface area contributed by atoms with E-state index >= 15 is 0 Å². The number of hydrogen-bond acceptors (Lipinski definition) is 18. The largest absolute Gasteiger partial charge is 0.457 e. The Morgan fingerprint density at radius 1 is 0.448 bits per heavy atom. The molecule has 6 aromatic heterocycles. The number of ether oxygens (including phenoxy) is 3. The third-order valence-electron chi connectivity index (χ3n) is 21.0. The second-order valence-electron chi connectivity index (χ2n) is 30.6. The average molecular weight is 1550 g/mol. The zero-order valence-electron chi connectivity index (χ0n) is 64.6. The van der Waals surface area contributed by atoms with E-state index in [1.165, 1.54) is 19.0 Å². The van der Waals surface area contributed by atoms with Crippen LogP contribution in [0.5, 0.6) is 34.5 Å². The van der Waals surface area contributed by atoms with Crippen molar-refractivity contribution in [1.29, 1.82) is 0 Å². The molecule has 0 radical (unpaired) electrons. The molecule has 3 saturated carbocycles. The van der Waals surface area contributed by atoms with Crippen molar-refractivity contribution in [2.24, 2.45) is 17.3 Å². The number of carbonyl (C=O) groups is 3. The molecule has 584 valence electrons. The molecular formula is C89H87N21O6. The van der Waals surface area contributed by atoms with Crippen LogP contribution in [-0.2, 0) is 27.5 Å². The van der Waals surface area contributed by atoms with Gasteiger partial charge in [0.05, 0.1) is 67.1 Å². The van der Waals surface area contributed by atoms with Crippen LogP contribution in [0.4, 0.5) is 17.5 Å². The molecule has 8 heterocycles. The van der Waals surface area contributed by atoms with E-state index in [1.807, 2.05) is 211 Å². The quantitative estimate of drug-likeness (QED) is 0.0407. The van der Waals surface area contributed by atoms with E-state index < -0.39 is 0 Å². The highest BCUT2D eigenvalue weighted by Gasteiger charge is 2.36. The fourth-order valence-electron chi connectivity index (χ4n) is 14.9. The number of amides is 3. The molecule has 2 saturated heterocycles. The molecule has 3 amide bonds. The number of carbonyl (C=O) groups excluding carboxylic acids is 3. The van der Waals surface area contributed by atoms with Gasteiger partial charge in [-0.25, -0.2) is 58.5 Å². The normalized spacial score (nSPS) is 17.6. The van der Waals surface area contributed by atoms with Crippen molar-refractivity contribution in [3.8, 4) is 68.3 Å². The number of fused-ring (bicyclic) bond motifs is 3. The van der Waals surface area contributed by atoms with Gasteiger partial charge in [0, 0.05) is 35.8 Å². The van der Waals surface area contributed by atoms with Crippen LogP contribution in [0.1, 0.15) is 104 Å². The topological polar surface area (TPSA) is 319 Å². The average Bonchev–Trinajstić information content (AvgIpc) is 1.62. The summed E-state index contributed by atoms with van der Waals surface area (Å²) >= 11 is 0. The smallest absolute Gasteiger partial charge is 0.252 e. The lowest BCUT2D eigenvalue weighted by molar-refractivity contribution is -0.128. The molecule has 2 aliphatic heterocycles. The Balaban J connectivity index is 0.000000137. The number of nitrogens with two attached hydrogens (primary N) is 3. The number of allylic oxidation sites excluding steroid dienone is 3. The molecule has 0 bridgehead atoms. The highest BCUT2D eigenvalue weighted by Crippen LogP contribution is 2.41. The number of hydrogen-bond donors (Lipinski definition) is 4. The molecule has 17 rings (SSSR count). The lowest BCUT2D eigenvalue weighted by Gasteiger charge is -2.29. The zero-order chi connectivity index (χ0) is 80.4. The minimum atomic E-state index is -0.270. The molecule has 12 aromatic rings. The molecule has 5 aliphatic rings. The van der Waals surface area contributed by atoms with Gasteiger partial charge in [-0.1, -0.05) is 93.6 Å². The van der Waals surface area contributed by atoms with E-state index in [-0.39, 0.29) is 64.4 Å². The van der Waals surface area contributed by atoms with Gasteiger partial charge in [0.2, 0.25) is 23.0 Å². The van der Waals surface area contributed by atoms with Gasteiger partial charge in [0.25, 0.3) is 11.8 Å². The lowest BCUT2D eigenvalue weighted by Crippen LogP contribution is -2.39. The first-order valence-corrected chi connectivity index (χ1v) is 39.1. The van der Waals surface area contributed by atoms with Gasteiger partial charge >= 0.3 is 0 Å². The Hall–Kier alpha value is -14.1. The van der Waals surface area contributed by atoms with Gasteiger partial charge in [-0.3, -0.25) is 14.4 Å². The molecule has 27 nitrogen and oxygen atoms in total. The van der Waals surface area contributed by atoms with E-state index in [1.54, 1.807) is 15.7 Å². The first-order chi connectivity index (χ1) is 56.4. The number of benzene rings is 6. The Morgan fingerprint density at radius 2 is 0.810 bits per heavy atom. The number of anilines is 3. The predicted molar refractivity (Wildman–Crippen MR) is 443 cm³/mol. The van der Waals surface area contributed by atoms with E-state index in [0.717, 1.165) is 128 Å². The summed E-state index contributed by atoms with van der Waals surface area (Å²) in [6.07, 6.45) is 20.6. The molecule has 2 unspecified atom stereocenters. The second-order valence-corrected chi connectivity index (χ2v) is 30.6. The molecule has 2 atom stereocenters. The van der Waals surface area contributed by atoms with Crippen LogP contribution in [0.3, 0.4) is 0 Å². The summed E-state index contributed by atoms with van der Waals surface area (Å²) in [5.74, 6) is 5.59. The van der Waals surface area contributed by atoms with Crippen LogP contribution in [-0.4, -0.2) is 118 Å². The van der Waals surface area contributed by atoms with Crippen LogP contribution in [0, 0.1) is 37.0 Å². The van der Waals surface area contributed by atoms with E-state index in [2.05, 4.69) is 49.8 Å². The molecule has 5 fully saturated rings. The van der Waals surface area contributed by atoms with Crippen LogP contribution in [0.2, 0.25) is 0 Å². The van der Waals surface area contributed by atoms with Crippen LogP contribution in [0.15, 0.2) is 218 Å². The molecule has 116 heavy (non-hydrogen) atoms. The number of aromatic nitrogens is 12. The van der Waals surface area contributed by atoms with Crippen LogP contribution < -0.4 is 36.7 Å². The monoisotopic (exact) mass is 1550 g/mol. The molecule has 0 spiro atoms. The van der Waals surface area contributed by atoms with Gasteiger partial charge in [0.1, 0.15) is 88.0 Å². The first-order valence-electron chi connectivity index (χ1n) is 39.1. The summed E-state index contributed by atoms with van der Waals surface area (Å²) in [5, 5.41) is 19.9. The van der Waals surface area contributed by atoms with Crippen molar-refractivity contribution in [3.63, 3.8) is 0 Å². The molecule has 27 heteroatoms. The summed E-state index contributed by atoms with van der Waals surface area (Å²) in [6, 6.07) is 51.9. The standard InChI is InChI=1S/C30H29N7O2.C30H31N7O2.C29H27N7O2/c1-32-25(17-19-7-8-19)30(38)35-21-11-13-22(14-12-21)37-29-26(28(31)33-18-34-29)27(36-37)20-9-15-24(16-10-20)39-23-5-3-2-4-6-23;1-30(2,3)17-24(32-4)29(38)36-16-8-9-21(36)18-37-28-25(27(31)33-19-34-28)26(35-37)20-12-14-23(15-13-20)39-22-10-6-5-7-11-22;1-31-24(16-19-9-10-19)29(37)35-15-5-6-21(35)17-36-28-25(27(30)32-18-33-28)26(34-36)20-11-13-23(14-12-20)38-22-7-3-2-4-8-22/h2-6,9-10,15-19,21-22H,7-8,11-14H2,(H,35,38)(H2,31,33,34);5-7,10-15,17,19,21H,8-9,16,18H2,1-3H3,(H2,31,33,34);2-4,7-8,11-14,16,18-19,21H,5-6,9-10,15,17H2,(H2,30,32,33)/b25-17-;24-17-;24-16-. The van der Waals surface area contributed by atoms with Gasteiger partial charge in [0.15, 0.2) is 16.9 Å². The third-order valence-corrected chi connectivity index (χ3v) is 21.0. The van der Waals surface area contributed by atoms with Crippen molar-refractivity contribution in [3.05, 3.63) is 252 Å². The second kappa shape index (κ2) is 34.5. The zero-order valence-corrected chi connectivity index (χ0v) is 64.6. The number of rotatable bonds is 20. The van der Waals surface area contributed by atoms with Crippen molar-refractivity contribution in [1.82, 2.24) is 74.4 Å². The highest BCUT2D eigenvalue weighted by atomic mass is 16.5. The minimum Gasteiger partial charge on any atom is -0.457 e. The summed E-state index contributed by atoms with van der Waals surface area (Å²) in [5.41, 5.74) is 25.9. The highest BCUT2D eigenvalue weighted by molar-refractivity contribution is 6.01. The van der Waals surface area contributed by atoms with Crippen LogP contribution in [0.25, 0.3) is 81.4 Å². The molecule has 7 N–H and O–H groups in total. The van der Waals surface area contributed by atoms with Crippen molar-refractivity contribution in [2.75, 3.05) is 30.3 Å². The van der Waals surface area contributed by atoms with Crippen molar-refractivity contribution >= 4 is 68.3 Å². The Labute approximate surface area is 671 Å². The number of nitrogens with zero attached hydrogens (tertiary/aromatic N) is 17. The fraction of sp³-hybridized carbons (Fsp3) is 0.292. The lowest BCUT2D eigenvalue weighted by atomic mass is 9.91. The summed E-state index contributed by atoms with van der Waals surface area (Å²) < 4.78 is 23.4. The predicted octanol–water partition coefficient (Wildman–Crippen LogP) is 16.5. The minimum absolute atomic E-state index is 0.0382. The number of likely N-dealkylation sites (tertiary alicyclic amines) is 2. The third kappa shape index (κ3) is 18.0. The van der Waals surface area contributed by atoms with Gasteiger partial charge < -0.3 is 46.5 Å². The van der Waals surface area contributed by atoms with Gasteiger partial charge in [-0.15, -0.1) is 0 Å². The number of nitrogen functional groups attached to an aromatic ring is 3. The van der Waals surface area contributed by atoms with Crippen molar-refractivity contribution in [2.45, 2.75) is 135 Å². The van der Waals surface area contributed by atoms with Crippen molar-refractivity contribution < 1.29 is 28.6 Å². The number of nitrogens with one attached hydrogen (secondary N) is 1. The number of para-hydroxylation sites is 3. The SMILES string of the molecule is [C-]#[N+]/C(=C\C(C)(C)C)C(=O)N1CCCC1Cn1nc(-c2ccc(Oc3ccccc3)cc2)c2c(N)ncnc21.[C-]#[N+]/C(=C\C1CC1)C(=O)N1CCCC1Cn1nc(-c2ccc(Oc3ccccc3)cc2)c2c(N)ncnc21.[C-]#[N+]/C(=C\C1CC1)C(=O)NC1CCC(n2nc(-c3ccc(Oc4ccccc4)cc3)c3c(N)ncnc32)CC1. The molecular weight excluding hydrogens is 1460 g/mol. The van der Waals surface area contributed by atoms with E-state index in [4.69, 9.17) is 66.4 Å². The van der Waals surface area contributed by atoms with Crippen LogP contribution >= 0.6 is 0 Å². The summed E-state index contributed by atoms with van der Waals surface area (Å²) in [6.45, 7) is 30.5. The Kier molecular flexibility index (Phi) is 22.9. The van der Waals surface area contributed by atoms with Gasteiger partial charge in [-0.05, 0) is 203 Å². The first kappa shape index (κ1) is 77.2. The maximum absolute atomic E-state index is 13.3. The molecule has 3 aliphatic carbocycles. The van der Waals surface area contributed by atoms with Gasteiger partial charge in [-0.2, -0.15) is 15.3 Å². The maximum atomic E-state index is 13.3. The summed E-state index contributed by atoms with van der Waals surface area (Å²) in [7, 11) is 0. The molecule has 6 aromatic carbocycles.